The van der Waals surface area contributed by atoms with E-state index in [1.54, 1.807) is 13.2 Å². The number of halogens is 1. The number of ether oxygens (including phenoxy) is 1. The van der Waals surface area contributed by atoms with Crippen molar-refractivity contribution >= 4 is 11.4 Å². The van der Waals surface area contributed by atoms with E-state index < -0.39 is 0 Å². The van der Waals surface area contributed by atoms with Gasteiger partial charge in [0.2, 0.25) is 0 Å². The zero-order valence-electron chi connectivity index (χ0n) is 11.8. The summed E-state index contributed by atoms with van der Waals surface area (Å²) in [6.45, 7) is 0.410. The number of methoxy groups -OCH3 is 1. The van der Waals surface area contributed by atoms with Crippen LogP contribution in [-0.4, -0.2) is 20.7 Å². The van der Waals surface area contributed by atoms with Crippen molar-refractivity contribution < 1.29 is 9.13 Å². The Hall–Kier alpha value is -2.07. The lowest BCUT2D eigenvalue weighted by Crippen LogP contribution is -2.15. The molecular weight excluding hydrogens is 255 g/mol. The Morgan fingerprint density at radius 1 is 1.10 bits per heavy atom. The van der Waals surface area contributed by atoms with Crippen molar-refractivity contribution in [1.82, 2.24) is 0 Å². The molecule has 2 N–H and O–H groups in total. The van der Waals surface area contributed by atoms with Gasteiger partial charge in [0.25, 0.3) is 0 Å². The van der Waals surface area contributed by atoms with Gasteiger partial charge >= 0.3 is 0 Å². The maximum atomic E-state index is 14.0. The molecule has 0 aliphatic heterocycles. The van der Waals surface area contributed by atoms with Crippen LogP contribution in [0, 0.1) is 5.82 Å². The molecule has 2 aromatic carbocycles. The van der Waals surface area contributed by atoms with Crippen molar-refractivity contribution in [3.8, 4) is 5.75 Å². The normalized spacial score (nSPS) is 10.4. The van der Waals surface area contributed by atoms with Gasteiger partial charge < -0.3 is 15.4 Å². The maximum absolute atomic E-state index is 14.0. The van der Waals surface area contributed by atoms with Crippen LogP contribution in [0.3, 0.4) is 0 Å². The molecule has 4 heteroatoms. The number of nitrogens with zero attached hydrogens (tertiary/aromatic N) is 1. The third-order valence-corrected chi connectivity index (χ3v) is 3.30. The van der Waals surface area contributed by atoms with Gasteiger partial charge in [-0.3, -0.25) is 0 Å². The second-order valence-corrected chi connectivity index (χ2v) is 4.51. The van der Waals surface area contributed by atoms with E-state index in [0.29, 0.717) is 18.5 Å². The molecule has 0 aliphatic rings. The first-order valence-corrected chi connectivity index (χ1v) is 6.53. The van der Waals surface area contributed by atoms with Gasteiger partial charge in [-0.15, -0.1) is 0 Å². The first-order valence-electron chi connectivity index (χ1n) is 6.53. The Labute approximate surface area is 118 Å². The van der Waals surface area contributed by atoms with Crippen LogP contribution in [0.2, 0.25) is 0 Å². The van der Waals surface area contributed by atoms with Crippen molar-refractivity contribution in [3.63, 3.8) is 0 Å². The minimum absolute atomic E-state index is 0.227. The van der Waals surface area contributed by atoms with Gasteiger partial charge in [-0.05, 0) is 37.2 Å². The summed E-state index contributed by atoms with van der Waals surface area (Å²) in [5.41, 5.74) is 7.90. The lowest BCUT2D eigenvalue weighted by molar-refractivity contribution is 0.415. The van der Waals surface area contributed by atoms with Crippen molar-refractivity contribution in [3.05, 3.63) is 53.8 Å². The summed E-state index contributed by atoms with van der Waals surface area (Å²) in [6.07, 6.45) is 0.501. The summed E-state index contributed by atoms with van der Waals surface area (Å²) >= 11 is 0. The monoisotopic (exact) mass is 274 g/mol. The van der Waals surface area contributed by atoms with Crippen LogP contribution in [0.15, 0.2) is 42.5 Å². The quantitative estimate of drug-likeness (QED) is 0.910. The SMILES string of the molecule is COc1ccccc1N(C)c1cccc(F)c1CCN. The van der Waals surface area contributed by atoms with Crippen molar-refractivity contribution in [1.29, 1.82) is 0 Å². The summed E-state index contributed by atoms with van der Waals surface area (Å²) in [7, 11) is 3.52. The van der Waals surface area contributed by atoms with Crippen molar-refractivity contribution in [2.75, 3.05) is 25.6 Å². The molecule has 3 nitrogen and oxygen atoms in total. The van der Waals surface area contributed by atoms with Crippen LogP contribution in [0.5, 0.6) is 5.75 Å². The molecule has 2 rings (SSSR count). The molecular formula is C16H19FN2O. The fourth-order valence-corrected chi connectivity index (χ4v) is 2.29. The molecule has 0 bridgehead atoms. The molecule has 0 amide bonds. The van der Waals surface area contributed by atoms with Crippen LogP contribution in [0.4, 0.5) is 15.8 Å². The van der Waals surface area contributed by atoms with E-state index in [9.17, 15) is 4.39 Å². The lowest BCUT2D eigenvalue weighted by Gasteiger charge is -2.24. The highest BCUT2D eigenvalue weighted by atomic mass is 19.1. The zero-order chi connectivity index (χ0) is 14.5. The number of anilines is 2. The molecule has 0 unspecified atom stereocenters. The number of hydrogen-bond donors (Lipinski definition) is 1. The van der Waals surface area contributed by atoms with Crippen molar-refractivity contribution in [2.24, 2.45) is 5.73 Å². The predicted octanol–water partition coefficient (Wildman–Crippen LogP) is 3.10. The topological polar surface area (TPSA) is 38.5 Å². The van der Waals surface area contributed by atoms with Gasteiger partial charge in [0, 0.05) is 18.3 Å². The Balaban J connectivity index is 2.48. The van der Waals surface area contributed by atoms with Crippen LogP contribution < -0.4 is 15.4 Å². The molecule has 0 saturated heterocycles. The average Bonchev–Trinajstić information content (AvgIpc) is 2.48. The molecule has 0 saturated carbocycles. The number of rotatable bonds is 5. The number of para-hydroxylation sites is 2. The molecule has 0 atom stereocenters. The number of benzene rings is 2. The summed E-state index contributed by atoms with van der Waals surface area (Å²) in [5.74, 6) is 0.521. The average molecular weight is 274 g/mol. The second kappa shape index (κ2) is 6.39. The lowest BCUT2D eigenvalue weighted by atomic mass is 10.1. The minimum atomic E-state index is -0.227. The molecule has 0 heterocycles. The number of nitrogens with two attached hydrogens (primary N) is 1. The van der Waals surface area contributed by atoms with Gasteiger partial charge in [0.1, 0.15) is 11.6 Å². The summed E-state index contributed by atoms with van der Waals surface area (Å²) < 4.78 is 19.3. The standard InChI is InChI=1S/C16H19FN2O/c1-19(15-7-3-4-9-16(15)20-2)14-8-5-6-13(17)12(14)10-11-18/h3-9H,10-11,18H2,1-2H3. The van der Waals surface area contributed by atoms with E-state index in [0.717, 1.165) is 17.1 Å². The zero-order valence-corrected chi connectivity index (χ0v) is 11.8. The summed E-state index contributed by atoms with van der Waals surface area (Å²) in [4.78, 5) is 1.92. The van der Waals surface area contributed by atoms with Gasteiger partial charge in [-0.2, -0.15) is 0 Å². The Morgan fingerprint density at radius 3 is 2.50 bits per heavy atom. The third-order valence-electron chi connectivity index (χ3n) is 3.30. The van der Waals surface area contributed by atoms with Gasteiger partial charge in [0.15, 0.2) is 0 Å². The van der Waals surface area contributed by atoms with E-state index in [1.807, 2.05) is 42.3 Å². The first-order chi connectivity index (χ1) is 9.69. The largest absolute Gasteiger partial charge is 0.495 e. The van der Waals surface area contributed by atoms with Crippen LogP contribution in [0.25, 0.3) is 0 Å². The number of hydrogen-bond acceptors (Lipinski definition) is 3. The molecule has 0 aromatic heterocycles. The smallest absolute Gasteiger partial charge is 0.142 e. The highest BCUT2D eigenvalue weighted by molar-refractivity contribution is 5.71. The van der Waals surface area contributed by atoms with Gasteiger partial charge in [-0.25, -0.2) is 4.39 Å². The van der Waals surface area contributed by atoms with E-state index in [2.05, 4.69) is 0 Å². The molecule has 0 fully saturated rings. The third kappa shape index (κ3) is 2.75. The fourth-order valence-electron chi connectivity index (χ4n) is 2.29. The van der Waals surface area contributed by atoms with Crippen LogP contribution in [0.1, 0.15) is 5.56 Å². The maximum Gasteiger partial charge on any atom is 0.142 e. The van der Waals surface area contributed by atoms with E-state index in [-0.39, 0.29) is 5.82 Å². The second-order valence-electron chi connectivity index (χ2n) is 4.51. The first kappa shape index (κ1) is 14.3. The van der Waals surface area contributed by atoms with Crippen LogP contribution in [-0.2, 0) is 6.42 Å². The predicted molar refractivity (Wildman–Crippen MR) is 80.2 cm³/mol. The molecule has 0 spiro atoms. The Kier molecular flexibility index (Phi) is 4.58. The van der Waals surface area contributed by atoms with E-state index in [1.165, 1.54) is 6.07 Å². The highest BCUT2D eigenvalue weighted by Crippen LogP contribution is 2.34. The molecule has 0 aliphatic carbocycles. The summed E-state index contributed by atoms with van der Waals surface area (Å²) in [6, 6.07) is 12.7. The molecule has 106 valence electrons. The van der Waals surface area contributed by atoms with E-state index in [4.69, 9.17) is 10.5 Å². The van der Waals surface area contributed by atoms with E-state index >= 15 is 0 Å². The molecule has 2 aromatic rings. The summed E-state index contributed by atoms with van der Waals surface area (Å²) in [5, 5.41) is 0. The minimum Gasteiger partial charge on any atom is -0.495 e. The Morgan fingerprint density at radius 2 is 1.80 bits per heavy atom. The van der Waals surface area contributed by atoms with Crippen LogP contribution >= 0.6 is 0 Å². The molecule has 20 heavy (non-hydrogen) atoms. The Bertz CT molecular complexity index is 586. The highest BCUT2D eigenvalue weighted by Gasteiger charge is 2.15. The molecule has 0 radical (unpaired) electrons. The van der Waals surface area contributed by atoms with Gasteiger partial charge in [0.05, 0.1) is 12.8 Å². The fraction of sp³-hybridized carbons (Fsp3) is 0.250. The van der Waals surface area contributed by atoms with Gasteiger partial charge in [-0.1, -0.05) is 18.2 Å². The van der Waals surface area contributed by atoms with Crippen molar-refractivity contribution in [2.45, 2.75) is 6.42 Å².